The average Bonchev–Trinajstić information content (AvgIpc) is 3.15. The minimum atomic E-state index is -0.323. The van der Waals surface area contributed by atoms with Gasteiger partial charge in [0.05, 0.1) is 19.2 Å². The first kappa shape index (κ1) is 16.8. The summed E-state index contributed by atoms with van der Waals surface area (Å²) in [7, 11) is 0. The summed E-state index contributed by atoms with van der Waals surface area (Å²) < 4.78 is 1.61. The lowest BCUT2D eigenvalue weighted by Crippen LogP contribution is -2.39. The van der Waals surface area contributed by atoms with Crippen molar-refractivity contribution >= 4 is 5.91 Å². The van der Waals surface area contributed by atoms with Gasteiger partial charge >= 0.3 is 0 Å². The molecule has 1 atom stereocenters. The van der Waals surface area contributed by atoms with E-state index >= 15 is 0 Å². The molecule has 1 heterocycles. The smallest absolute Gasteiger partial charge is 0.251 e. The van der Waals surface area contributed by atoms with E-state index in [1.54, 1.807) is 16.8 Å². The molecule has 7 heteroatoms. The normalized spacial score (nSPS) is 11.9. The van der Waals surface area contributed by atoms with Crippen LogP contribution in [0.25, 0.3) is 0 Å². The van der Waals surface area contributed by atoms with Crippen LogP contribution >= 0.6 is 0 Å². The molecule has 0 aliphatic rings. The highest BCUT2D eigenvalue weighted by molar-refractivity contribution is 5.94. The number of carbonyl (C=O) groups excluding carboxylic acids is 1. The van der Waals surface area contributed by atoms with Crippen molar-refractivity contribution in [3.63, 3.8) is 0 Å². The highest BCUT2D eigenvalue weighted by Gasteiger charge is 2.13. The monoisotopic (exact) mass is 337 g/mol. The van der Waals surface area contributed by atoms with Crippen LogP contribution in [0.5, 0.6) is 0 Å². The Balaban J connectivity index is 1.59. The van der Waals surface area contributed by atoms with Crippen molar-refractivity contribution in [3.8, 4) is 0 Å². The predicted octanol–water partition coefficient (Wildman–Crippen LogP) is 1.05. The van der Waals surface area contributed by atoms with Gasteiger partial charge in [0, 0.05) is 5.56 Å². The van der Waals surface area contributed by atoms with E-state index in [1.807, 2.05) is 42.5 Å². The summed E-state index contributed by atoms with van der Waals surface area (Å²) >= 11 is 0. The van der Waals surface area contributed by atoms with Crippen LogP contribution in [-0.2, 0) is 13.0 Å². The molecular weight excluding hydrogens is 318 g/mol. The van der Waals surface area contributed by atoms with E-state index < -0.39 is 0 Å². The first-order valence-corrected chi connectivity index (χ1v) is 8.00. The minimum Gasteiger partial charge on any atom is -0.394 e. The Morgan fingerprint density at radius 2 is 1.84 bits per heavy atom. The second-order valence-electron chi connectivity index (χ2n) is 5.75. The topological polar surface area (TPSA) is 92.9 Å². The quantitative estimate of drug-likeness (QED) is 0.672. The maximum Gasteiger partial charge on any atom is 0.251 e. The molecule has 25 heavy (non-hydrogen) atoms. The zero-order valence-corrected chi connectivity index (χ0v) is 13.6. The highest BCUT2D eigenvalue weighted by atomic mass is 16.3. The number of aromatic nitrogens is 4. The number of nitrogens with one attached hydrogen (secondary N) is 1. The molecule has 0 saturated carbocycles. The summed E-state index contributed by atoms with van der Waals surface area (Å²) in [6.45, 7) is 0.431. The van der Waals surface area contributed by atoms with E-state index in [2.05, 4.69) is 20.8 Å². The fourth-order valence-corrected chi connectivity index (χ4v) is 2.53. The molecular formula is C18H19N5O2. The van der Waals surface area contributed by atoms with Crippen molar-refractivity contribution in [2.45, 2.75) is 19.0 Å². The summed E-state index contributed by atoms with van der Waals surface area (Å²) in [6.07, 6.45) is 2.12. The van der Waals surface area contributed by atoms with Crippen LogP contribution in [0.4, 0.5) is 0 Å². The Labute approximate surface area is 145 Å². The number of aliphatic hydroxyl groups is 1. The molecule has 0 fully saturated rings. The summed E-state index contributed by atoms with van der Waals surface area (Å²) in [5.41, 5.74) is 2.61. The van der Waals surface area contributed by atoms with Crippen molar-refractivity contribution in [1.29, 1.82) is 0 Å². The Bertz CT molecular complexity index is 788. The van der Waals surface area contributed by atoms with Gasteiger partial charge in [-0.05, 0) is 40.1 Å². The molecule has 1 aromatic heterocycles. The molecule has 0 spiro atoms. The number of carbonyl (C=O) groups is 1. The molecule has 2 aromatic carbocycles. The molecule has 2 N–H and O–H groups in total. The van der Waals surface area contributed by atoms with Crippen LogP contribution in [0.2, 0.25) is 0 Å². The molecule has 0 aliphatic carbocycles. The summed E-state index contributed by atoms with van der Waals surface area (Å²) in [5, 5.41) is 23.4. The fraction of sp³-hybridized carbons (Fsp3) is 0.222. The van der Waals surface area contributed by atoms with Crippen molar-refractivity contribution in [1.82, 2.24) is 25.5 Å². The molecule has 0 unspecified atom stereocenters. The molecule has 1 amide bonds. The second-order valence-corrected chi connectivity index (χ2v) is 5.75. The number of hydrogen-bond donors (Lipinski definition) is 2. The van der Waals surface area contributed by atoms with E-state index in [-0.39, 0.29) is 18.6 Å². The van der Waals surface area contributed by atoms with Crippen LogP contribution in [0.1, 0.15) is 21.5 Å². The zero-order valence-electron chi connectivity index (χ0n) is 13.6. The summed E-state index contributed by atoms with van der Waals surface area (Å²) in [4.78, 5) is 12.4. The molecule has 3 aromatic rings. The number of tetrazole rings is 1. The maximum atomic E-state index is 12.4. The molecule has 0 bridgehead atoms. The first-order valence-electron chi connectivity index (χ1n) is 8.00. The van der Waals surface area contributed by atoms with E-state index in [9.17, 15) is 9.90 Å². The number of nitrogens with zero attached hydrogens (tertiary/aromatic N) is 4. The van der Waals surface area contributed by atoms with Crippen LogP contribution in [0.15, 0.2) is 60.9 Å². The van der Waals surface area contributed by atoms with Gasteiger partial charge in [0.25, 0.3) is 5.91 Å². The van der Waals surface area contributed by atoms with Crippen LogP contribution in [-0.4, -0.2) is 43.9 Å². The minimum absolute atomic E-state index is 0.113. The SMILES string of the molecule is O=C(N[C@H](CO)Cc1ccccc1)c1ccc(Cn2cnnn2)cc1. The Morgan fingerprint density at radius 3 is 2.48 bits per heavy atom. The van der Waals surface area contributed by atoms with Gasteiger partial charge < -0.3 is 10.4 Å². The maximum absolute atomic E-state index is 12.4. The van der Waals surface area contributed by atoms with Crippen molar-refractivity contribution in [3.05, 3.63) is 77.6 Å². The number of hydrogen-bond acceptors (Lipinski definition) is 5. The lowest BCUT2D eigenvalue weighted by Gasteiger charge is -2.16. The van der Waals surface area contributed by atoms with Gasteiger partial charge in [0.15, 0.2) is 0 Å². The highest BCUT2D eigenvalue weighted by Crippen LogP contribution is 2.08. The van der Waals surface area contributed by atoms with E-state index in [0.29, 0.717) is 18.5 Å². The lowest BCUT2D eigenvalue weighted by atomic mass is 10.1. The average molecular weight is 337 g/mol. The number of aliphatic hydroxyl groups excluding tert-OH is 1. The van der Waals surface area contributed by atoms with Gasteiger partial charge in [0.2, 0.25) is 0 Å². The molecule has 0 saturated heterocycles. The first-order chi connectivity index (χ1) is 12.2. The predicted molar refractivity (Wildman–Crippen MR) is 91.8 cm³/mol. The van der Waals surface area contributed by atoms with Crippen molar-refractivity contribution < 1.29 is 9.90 Å². The van der Waals surface area contributed by atoms with Gasteiger partial charge in [-0.15, -0.1) is 5.10 Å². The van der Waals surface area contributed by atoms with E-state index in [4.69, 9.17) is 0 Å². The summed E-state index contributed by atoms with van der Waals surface area (Å²) in [6, 6.07) is 16.7. The Kier molecular flexibility index (Phi) is 5.48. The largest absolute Gasteiger partial charge is 0.394 e. The van der Waals surface area contributed by atoms with E-state index in [0.717, 1.165) is 11.1 Å². The van der Waals surface area contributed by atoms with Crippen LogP contribution in [0, 0.1) is 0 Å². The van der Waals surface area contributed by atoms with Gasteiger partial charge in [-0.3, -0.25) is 4.79 Å². The van der Waals surface area contributed by atoms with Gasteiger partial charge in [-0.1, -0.05) is 42.5 Å². The third-order valence-electron chi connectivity index (χ3n) is 3.83. The lowest BCUT2D eigenvalue weighted by molar-refractivity contribution is 0.0916. The Morgan fingerprint density at radius 1 is 1.08 bits per heavy atom. The molecule has 0 radical (unpaired) electrons. The number of rotatable bonds is 7. The molecule has 3 rings (SSSR count). The van der Waals surface area contributed by atoms with Gasteiger partial charge in [-0.25, -0.2) is 4.68 Å². The number of benzene rings is 2. The van der Waals surface area contributed by atoms with Crippen molar-refractivity contribution in [2.24, 2.45) is 0 Å². The fourth-order valence-electron chi connectivity index (χ4n) is 2.53. The van der Waals surface area contributed by atoms with Gasteiger partial charge in [-0.2, -0.15) is 0 Å². The second kappa shape index (κ2) is 8.16. The molecule has 128 valence electrons. The molecule has 7 nitrogen and oxygen atoms in total. The summed E-state index contributed by atoms with van der Waals surface area (Å²) in [5.74, 6) is -0.205. The standard InChI is InChI=1S/C18H19N5O2/c24-12-17(10-14-4-2-1-3-5-14)20-18(25)16-8-6-15(7-9-16)11-23-13-19-21-22-23/h1-9,13,17,24H,10-12H2,(H,20,25)/t17-/m0/s1. The van der Waals surface area contributed by atoms with Crippen molar-refractivity contribution in [2.75, 3.05) is 6.61 Å². The zero-order chi connectivity index (χ0) is 17.5. The van der Waals surface area contributed by atoms with Crippen LogP contribution < -0.4 is 5.32 Å². The third-order valence-corrected chi connectivity index (χ3v) is 3.83. The third kappa shape index (κ3) is 4.71. The molecule has 0 aliphatic heterocycles. The van der Waals surface area contributed by atoms with Crippen LogP contribution in [0.3, 0.4) is 0 Å². The van der Waals surface area contributed by atoms with Gasteiger partial charge in [0.1, 0.15) is 6.33 Å². The number of amides is 1. The Hall–Kier alpha value is -3.06. The van der Waals surface area contributed by atoms with E-state index in [1.165, 1.54) is 6.33 Å².